The van der Waals surface area contributed by atoms with Crippen LogP contribution in [-0.4, -0.2) is 31.1 Å². The average molecular weight is 336 g/mol. The van der Waals surface area contributed by atoms with Crippen molar-refractivity contribution in [1.82, 2.24) is 5.32 Å². The summed E-state index contributed by atoms with van der Waals surface area (Å²) in [5.41, 5.74) is 0. The fourth-order valence-electron chi connectivity index (χ4n) is 2.10. The van der Waals surface area contributed by atoms with Crippen LogP contribution in [0.2, 0.25) is 5.02 Å². The number of fused-ring (bicyclic) bond motifs is 1. The van der Waals surface area contributed by atoms with Crippen LogP contribution in [0.3, 0.4) is 0 Å². The first-order chi connectivity index (χ1) is 11.0. The van der Waals surface area contributed by atoms with Crippen LogP contribution in [0.1, 0.15) is 13.8 Å². The highest BCUT2D eigenvalue weighted by atomic mass is 35.5. The van der Waals surface area contributed by atoms with E-state index in [1.165, 1.54) is 6.92 Å². The van der Waals surface area contributed by atoms with E-state index in [0.717, 1.165) is 10.8 Å². The molecule has 0 aliphatic rings. The van der Waals surface area contributed by atoms with Gasteiger partial charge in [0.15, 0.2) is 12.7 Å². The Kier molecular flexibility index (Phi) is 5.82. The molecule has 0 spiro atoms. The molecule has 1 N–H and O–H groups in total. The highest BCUT2D eigenvalue weighted by Crippen LogP contribution is 2.31. The van der Waals surface area contributed by atoms with Crippen molar-refractivity contribution in [3.63, 3.8) is 0 Å². The Balaban J connectivity index is 2.00. The Morgan fingerprint density at radius 1 is 1.17 bits per heavy atom. The summed E-state index contributed by atoms with van der Waals surface area (Å²) in [6.07, 6.45) is -0.854. The fraction of sp³-hybridized carbons (Fsp3) is 0.294. The lowest BCUT2D eigenvalue weighted by molar-refractivity contribution is -0.156. The highest BCUT2D eigenvalue weighted by Gasteiger charge is 2.17. The summed E-state index contributed by atoms with van der Waals surface area (Å²) >= 11 is 6.13. The third-order valence-corrected chi connectivity index (χ3v) is 3.53. The summed E-state index contributed by atoms with van der Waals surface area (Å²) in [4.78, 5) is 23.3. The second-order valence-electron chi connectivity index (χ2n) is 4.91. The van der Waals surface area contributed by atoms with E-state index in [1.807, 2.05) is 24.3 Å². The van der Waals surface area contributed by atoms with Gasteiger partial charge in [-0.05, 0) is 26.0 Å². The number of carbonyl (C=O) groups excluding carboxylic acids is 2. The molecule has 23 heavy (non-hydrogen) atoms. The molecule has 0 saturated carbocycles. The molecule has 122 valence electrons. The van der Waals surface area contributed by atoms with E-state index in [0.29, 0.717) is 17.3 Å². The molecule has 0 fully saturated rings. The van der Waals surface area contributed by atoms with E-state index in [9.17, 15) is 9.59 Å². The maximum absolute atomic E-state index is 11.8. The van der Waals surface area contributed by atoms with Gasteiger partial charge < -0.3 is 14.8 Å². The average Bonchev–Trinajstić information content (AvgIpc) is 2.54. The minimum absolute atomic E-state index is 0.282. The number of halogens is 1. The van der Waals surface area contributed by atoms with Gasteiger partial charge in [0.1, 0.15) is 5.75 Å². The number of nitrogens with one attached hydrogen (secondary N) is 1. The number of ether oxygens (including phenoxy) is 2. The standard InChI is InChI=1S/C17H18ClNO4/c1-3-19-17(21)11(2)23-16(20)10-22-15-9-8-14(18)12-6-4-5-7-13(12)15/h4-9,11H,3,10H2,1-2H3,(H,19,21)/t11-/m1/s1. The van der Waals surface area contributed by atoms with Crippen molar-refractivity contribution >= 4 is 34.2 Å². The summed E-state index contributed by atoms with van der Waals surface area (Å²) in [5.74, 6) is -0.409. The van der Waals surface area contributed by atoms with Gasteiger partial charge in [-0.15, -0.1) is 0 Å². The van der Waals surface area contributed by atoms with Crippen molar-refractivity contribution in [2.45, 2.75) is 20.0 Å². The summed E-state index contributed by atoms with van der Waals surface area (Å²) in [7, 11) is 0. The molecule has 0 bridgehead atoms. The first kappa shape index (κ1) is 17.1. The Hall–Kier alpha value is -2.27. The van der Waals surface area contributed by atoms with Gasteiger partial charge in [0.25, 0.3) is 5.91 Å². The number of likely N-dealkylation sites (N-methyl/N-ethyl adjacent to an activating group) is 1. The van der Waals surface area contributed by atoms with E-state index in [1.54, 1.807) is 19.1 Å². The molecular weight excluding hydrogens is 318 g/mol. The normalized spacial score (nSPS) is 11.8. The predicted molar refractivity (Wildman–Crippen MR) is 88.7 cm³/mol. The van der Waals surface area contributed by atoms with Gasteiger partial charge in [0.2, 0.25) is 0 Å². The van der Waals surface area contributed by atoms with Crippen molar-refractivity contribution in [2.24, 2.45) is 0 Å². The van der Waals surface area contributed by atoms with E-state index in [4.69, 9.17) is 21.1 Å². The van der Waals surface area contributed by atoms with Gasteiger partial charge in [-0.2, -0.15) is 0 Å². The Morgan fingerprint density at radius 3 is 2.57 bits per heavy atom. The van der Waals surface area contributed by atoms with Crippen molar-refractivity contribution in [3.05, 3.63) is 41.4 Å². The summed E-state index contributed by atoms with van der Waals surface area (Å²) < 4.78 is 10.5. The van der Waals surface area contributed by atoms with Crippen molar-refractivity contribution in [2.75, 3.05) is 13.2 Å². The second kappa shape index (κ2) is 7.83. The largest absolute Gasteiger partial charge is 0.481 e. The minimum atomic E-state index is -0.854. The maximum Gasteiger partial charge on any atom is 0.344 e. The smallest absolute Gasteiger partial charge is 0.344 e. The Bertz CT molecular complexity index is 717. The fourth-order valence-corrected chi connectivity index (χ4v) is 2.33. The van der Waals surface area contributed by atoms with Gasteiger partial charge >= 0.3 is 5.97 Å². The predicted octanol–water partition coefficient (Wildman–Crippen LogP) is 2.94. The molecule has 0 saturated heterocycles. The number of amides is 1. The topological polar surface area (TPSA) is 64.6 Å². The first-order valence-corrected chi connectivity index (χ1v) is 7.68. The van der Waals surface area contributed by atoms with Crippen LogP contribution < -0.4 is 10.1 Å². The molecule has 0 unspecified atom stereocenters. The van der Waals surface area contributed by atoms with E-state index in [-0.39, 0.29) is 12.5 Å². The number of carbonyl (C=O) groups is 2. The van der Waals surface area contributed by atoms with Gasteiger partial charge in [-0.1, -0.05) is 35.9 Å². The zero-order chi connectivity index (χ0) is 16.8. The number of hydrogen-bond donors (Lipinski definition) is 1. The number of benzene rings is 2. The summed E-state index contributed by atoms with van der Waals surface area (Å²) in [6.45, 7) is 3.51. The third kappa shape index (κ3) is 4.36. The molecular formula is C17H18ClNO4. The lowest BCUT2D eigenvalue weighted by Gasteiger charge is -2.14. The van der Waals surface area contributed by atoms with Gasteiger partial charge in [0, 0.05) is 22.3 Å². The Labute approximate surface area is 139 Å². The van der Waals surface area contributed by atoms with Crippen LogP contribution in [0, 0.1) is 0 Å². The third-order valence-electron chi connectivity index (χ3n) is 3.20. The van der Waals surface area contributed by atoms with Crippen LogP contribution in [0.5, 0.6) is 5.75 Å². The molecule has 1 amide bonds. The van der Waals surface area contributed by atoms with Crippen molar-refractivity contribution < 1.29 is 19.1 Å². The molecule has 2 rings (SSSR count). The van der Waals surface area contributed by atoms with E-state index < -0.39 is 12.1 Å². The minimum Gasteiger partial charge on any atom is -0.481 e. The molecule has 2 aromatic carbocycles. The van der Waals surface area contributed by atoms with Crippen molar-refractivity contribution in [1.29, 1.82) is 0 Å². The SMILES string of the molecule is CCNC(=O)[C@@H](C)OC(=O)COc1ccc(Cl)c2ccccc12. The van der Waals surface area contributed by atoms with Gasteiger partial charge in [0.05, 0.1) is 0 Å². The van der Waals surface area contributed by atoms with Crippen LogP contribution in [0.4, 0.5) is 0 Å². The lowest BCUT2D eigenvalue weighted by atomic mass is 10.1. The van der Waals surface area contributed by atoms with Crippen LogP contribution >= 0.6 is 11.6 Å². The van der Waals surface area contributed by atoms with Crippen LogP contribution in [0.25, 0.3) is 10.8 Å². The monoisotopic (exact) mass is 335 g/mol. The maximum atomic E-state index is 11.8. The molecule has 0 aliphatic carbocycles. The van der Waals surface area contributed by atoms with Gasteiger partial charge in [-0.3, -0.25) is 4.79 Å². The van der Waals surface area contributed by atoms with Crippen LogP contribution in [0.15, 0.2) is 36.4 Å². The lowest BCUT2D eigenvalue weighted by Crippen LogP contribution is -2.36. The molecule has 2 aromatic rings. The molecule has 1 atom stereocenters. The first-order valence-electron chi connectivity index (χ1n) is 7.30. The molecule has 0 radical (unpaired) electrons. The van der Waals surface area contributed by atoms with Crippen molar-refractivity contribution in [3.8, 4) is 5.75 Å². The number of rotatable bonds is 6. The molecule has 5 nitrogen and oxygen atoms in total. The highest BCUT2D eigenvalue weighted by molar-refractivity contribution is 6.35. The van der Waals surface area contributed by atoms with E-state index in [2.05, 4.69) is 5.32 Å². The number of hydrogen-bond acceptors (Lipinski definition) is 4. The Morgan fingerprint density at radius 2 is 1.87 bits per heavy atom. The summed E-state index contributed by atoms with van der Waals surface area (Å²) in [5, 5.41) is 4.85. The molecule has 6 heteroatoms. The summed E-state index contributed by atoms with van der Waals surface area (Å²) in [6, 6.07) is 10.9. The molecule has 0 heterocycles. The zero-order valence-corrected chi connectivity index (χ0v) is 13.7. The zero-order valence-electron chi connectivity index (χ0n) is 13.0. The quantitative estimate of drug-likeness (QED) is 0.824. The number of esters is 1. The molecule has 0 aromatic heterocycles. The van der Waals surface area contributed by atoms with E-state index >= 15 is 0 Å². The molecule has 0 aliphatic heterocycles. The second-order valence-corrected chi connectivity index (χ2v) is 5.31. The van der Waals surface area contributed by atoms with Crippen LogP contribution in [-0.2, 0) is 14.3 Å². The van der Waals surface area contributed by atoms with Gasteiger partial charge in [-0.25, -0.2) is 4.79 Å².